The maximum Gasteiger partial charge on any atom is 0.302 e. The molecule has 9 atom stereocenters. The largest absolute Gasteiger partial charge is 0.462 e. The van der Waals surface area contributed by atoms with Gasteiger partial charge in [-0.1, -0.05) is 0 Å². The van der Waals surface area contributed by atoms with Crippen LogP contribution in [0.25, 0.3) is 0 Å². The molecule has 0 aromatic rings. The van der Waals surface area contributed by atoms with Gasteiger partial charge in [-0.25, -0.2) is 0 Å². The predicted molar refractivity (Wildman–Crippen MR) is 53.1 cm³/mol. The Morgan fingerprint density at radius 3 is 2.69 bits per heavy atom. The quantitative estimate of drug-likeness (QED) is 0.613. The molecule has 0 aromatic carbocycles. The Kier molecular flexibility index (Phi) is 1.08. The van der Waals surface area contributed by atoms with Crippen LogP contribution in [0.15, 0.2) is 0 Å². The highest BCUT2D eigenvalue weighted by Gasteiger charge is 2.84. The molecule has 0 amide bonds. The Labute approximate surface area is 93.5 Å². The van der Waals surface area contributed by atoms with Gasteiger partial charge in [-0.3, -0.25) is 9.59 Å². The van der Waals surface area contributed by atoms with E-state index in [9.17, 15) is 9.59 Å². The van der Waals surface area contributed by atoms with E-state index in [1.807, 2.05) is 0 Å². The van der Waals surface area contributed by atoms with Gasteiger partial charge in [0.25, 0.3) is 0 Å². The van der Waals surface area contributed by atoms with Crippen LogP contribution in [-0.2, 0) is 14.3 Å². The minimum Gasteiger partial charge on any atom is -0.462 e. The zero-order chi connectivity index (χ0) is 10.8. The van der Waals surface area contributed by atoms with Crippen LogP contribution in [0.1, 0.15) is 13.3 Å². The third-order valence-corrected chi connectivity index (χ3v) is 6.34. The number of ketones is 1. The lowest BCUT2D eigenvalue weighted by molar-refractivity contribution is -0.164. The van der Waals surface area contributed by atoms with E-state index in [0.29, 0.717) is 29.5 Å². The summed E-state index contributed by atoms with van der Waals surface area (Å²) in [7, 11) is 0. The summed E-state index contributed by atoms with van der Waals surface area (Å²) in [4.78, 5) is 23.4. The van der Waals surface area contributed by atoms with Crippen LogP contribution in [0.3, 0.4) is 0 Å². The fraction of sp³-hybridized carbons (Fsp3) is 0.846. The Balaban J connectivity index is 1.65. The van der Waals surface area contributed by atoms with E-state index in [1.165, 1.54) is 13.3 Å². The standard InChI is InChI=1S/C13H14O3/c1-3(14)16-13-9-5-2-4-6-7(5)11(13)10(6)12(15)8(4)9/h4-11,13H,2H2,1H3/t4-,5+,6+,7+,8+,9-,10-,11+,13-/m1/s1. The lowest BCUT2D eigenvalue weighted by Gasteiger charge is -2.45. The molecule has 0 aromatic heterocycles. The molecule has 5 saturated carbocycles. The van der Waals surface area contributed by atoms with Crippen LogP contribution in [0.4, 0.5) is 0 Å². The second-order valence-corrected chi connectivity index (χ2v) is 6.40. The van der Waals surface area contributed by atoms with Crippen LogP contribution in [0.5, 0.6) is 0 Å². The van der Waals surface area contributed by atoms with Gasteiger partial charge in [-0.15, -0.1) is 0 Å². The highest BCUT2D eigenvalue weighted by Crippen LogP contribution is 2.82. The average molecular weight is 218 g/mol. The molecule has 5 aliphatic carbocycles. The second-order valence-electron chi connectivity index (χ2n) is 6.40. The molecule has 5 rings (SSSR count). The maximum atomic E-state index is 12.2. The summed E-state index contributed by atoms with van der Waals surface area (Å²) >= 11 is 0. The number of hydrogen-bond acceptors (Lipinski definition) is 3. The molecule has 5 aliphatic rings. The molecule has 0 aliphatic heterocycles. The first-order chi connectivity index (χ1) is 7.70. The molecule has 3 heteroatoms. The van der Waals surface area contributed by atoms with E-state index in [4.69, 9.17) is 4.74 Å². The summed E-state index contributed by atoms with van der Waals surface area (Å²) in [6.45, 7) is 1.50. The zero-order valence-corrected chi connectivity index (χ0v) is 9.13. The van der Waals surface area contributed by atoms with E-state index in [1.54, 1.807) is 0 Å². The third kappa shape index (κ3) is 0.554. The van der Waals surface area contributed by atoms with Crippen LogP contribution in [0, 0.1) is 47.3 Å². The molecule has 3 nitrogen and oxygen atoms in total. The van der Waals surface area contributed by atoms with Crippen molar-refractivity contribution in [3.05, 3.63) is 0 Å². The molecular formula is C13H14O3. The number of carbonyl (C=O) groups is 2. The lowest BCUT2D eigenvalue weighted by atomic mass is 9.59. The van der Waals surface area contributed by atoms with Gasteiger partial charge in [0.1, 0.15) is 11.9 Å². The summed E-state index contributed by atoms with van der Waals surface area (Å²) in [5, 5.41) is 0. The van der Waals surface area contributed by atoms with Crippen molar-refractivity contribution in [1.82, 2.24) is 0 Å². The number of rotatable bonds is 1. The summed E-state index contributed by atoms with van der Waals surface area (Å²) in [6, 6.07) is 0. The summed E-state index contributed by atoms with van der Waals surface area (Å²) in [6.07, 6.45) is 1.35. The van der Waals surface area contributed by atoms with E-state index in [0.717, 1.165) is 11.8 Å². The number of carbonyl (C=O) groups excluding carboxylic acids is 2. The van der Waals surface area contributed by atoms with Gasteiger partial charge in [-0.2, -0.15) is 0 Å². The van der Waals surface area contributed by atoms with E-state index < -0.39 is 0 Å². The smallest absolute Gasteiger partial charge is 0.302 e. The minimum absolute atomic E-state index is 0.101. The molecular weight excluding hydrogens is 204 g/mol. The summed E-state index contributed by atoms with van der Waals surface area (Å²) < 4.78 is 5.53. The van der Waals surface area contributed by atoms with Crippen molar-refractivity contribution >= 4 is 11.8 Å². The van der Waals surface area contributed by atoms with Crippen molar-refractivity contribution in [2.24, 2.45) is 47.3 Å². The van der Waals surface area contributed by atoms with Crippen molar-refractivity contribution in [2.75, 3.05) is 0 Å². The van der Waals surface area contributed by atoms with Crippen molar-refractivity contribution in [1.29, 1.82) is 0 Å². The molecule has 0 radical (unpaired) electrons. The van der Waals surface area contributed by atoms with E-state index in [-0.39, 0.29) is 23.9 Å². The fourth-order valence-corrected chi connectivity index (χ4v) is 6.43. The molecule has 0 spiro atoms. The highest BCUT2D eigenvalue weighted by atomic mass is 16.5. The van der Waals surface area contributed by atoms with Gasteiger partial charge < -0.3 is 4.74 Å². The van der Waals surface area contributed by atoms with Crippen LogP contribution < -0.4 is 0 Å². The van der Waals surface area contributed by atoms with Gasteiger partial charge >= 0.3 is 5.97 Å². The van der Waals surface area contributed by atoms with Gasteiger partial charge in [-0.05, 0) is 30.1 Å². The molecule has 16 heavy (non-hydrogen) atoms. The monoisotopic (exact) mass is 218 g/mol. The molecule has 0 saturated heterocycles. The molecule has 0 heterocycles. The topological polar surface area (TPSA) is 43.4 Å². The first kappa shape index (κ1) is 8.26. The minimum atomic E-state index is -0.162. The average Bonchev–Trinajstić information content (AvgIpc) is 2.66. The van der Waals surface area contributed by atoms with Gasteiger partial charge in [0.05, 0.1) is 0 Å². The summed E-state index contributed by atoms with van der Waals surface area (Å²) in [5.41, 5.74) is 0. The SMILES string of the molecule is CC(=O)O[C@H]1[C@@H]2[C@@H]3C(=O)[C@H]4[C@@H]5C[C@@H]([C@H]2[C@H]53)[C@@H]14. The molecule has 2 bridgehead atoms. The number of fused-ring (bicyclic) bond motifs is 2. The zero-order valence-electron chi connectivity index (χ0n) is 9.13. The van der Waals surface area contributed by atoms with Crippen LogP contribution in [-0.4, -0.2) is 17.9 Å². The predicted octanol–water partition coefficient (Wildman–Crippen LogP) is 0.875. The van der Waals surface area contributed by atoms with E-state index in [2.05, 4.69) is 0 Å². The van der Waals surface area contributed by atoms with Crippen molar-refractivity contribution in [3.63, 3.8) is 0 Å². The number of hydrogen-bond donors (Lipinski definition) is 0. The second kappa shape index (κ2) is 2.09. The first-order valence-corrected chi connectivity index (χ1v) is 6.41. The number of Topliss-reactive ketones (excluding diaryl/α,β-unsaturated/α-hetero) is 1. The van der Waals surface area contributed by atoms with Crippen molar-refractivity contribution in [3.8, 4) is 0 Å². The highest BCUT2D eigenvalue weighted by molar-refractivity contribution is 5.91. The fourth-order valence-electron chi connectivity index (χ4n) is 6.43. The number of ether oxygens (including phenoxy) is 1. The normalized spacial score (nSPS) is 66.6. The lowest BCUT2D eigenvalue weighted by Crippen LogP contribution is -2.51. The Bertz CT molecular complexity index is 442. The van der Waals surface area contributed by atoms with Gasteiger partial charge in [0.15, 0.2) is 0 Å². The molecule has 84 valence electrons. The Morgan fingerprint density at radius 2 is 1.94 bits per heavy atom. The van der Waals surface area contributed by atoms with Gasteiger partial charge in [0.2, 0.25) is 0 Å². The molecule has 5 fully saturated rings. The third-order valence-electron chi connectivity index (χ3n) is 6.34. The Morgan fingerprint density at radius 1 is 1.12 bits per heavy atom. The molecule has 0 N–H and O–H groups in total. The van der Waals surface area contributed by atoms with Crippen molar-refractivity contribution < 1.29 is 14.3 Å². The maximum absolute atomic E-state index is 12.2. The first-order valence-electron chi connectivity index (χ1n) is 6.41. The number of esters is 1. The Hall–Kier alpha value is -0.860. The van der Waals surface area contributed by atoms with Crippen LogP contribution in [0.2, 0.25) is 0 Å². The van der Waals surface area contributed by atoms with E-state index >= 15 is 0 Å². The van der Waals surface area contributed by atoms with Crippen LogP contribution >= 0.6 is 0 Å². The van der Waals surface area contributed by atoms with Crippen molar-refractivity contribution in [2.45, 2.75) is 19.4 Å². The summed E-state index contributed by atoms with van der Waals surface area (Å²) in [5.74, 6) is 4.59. The van der Waals surface area contributed by atoms with Gasteiger partial charge in [0, 0.05) is 30.6 Å². The molecule has 0 unspecified atom stereocenters.